The number of carbonyl (C=O) groups excluding carboxylic acids is 10. The number of cyclic esters (lactones) is 2. The van der Waals surface area contributed by atoms with Gasteiger partial charge in [-0.2, -0.15) is 0 Å². The molecule has 1 heterocycles. The van der Waals surface area contributed by atoms with Crippen LogP contribution in [0.4, 0.5) is 0 Å². The van der Waals surface area contributed by atoms with Crippen molar-refractivity contribution in [1.82, 2.24) is 41.4 Å². The third kappa shape index (κ3) is 17.1. The molecule has 408 valence electrons. The molecule has 23 nitrogen and oxygen atoms in total. The van der Waals surface area contributed by atoms with E-state index in [0.717, 1.165) is 21.6 Å². The van der Waals surface area contributed by atoms with Crippen molar-refractivity contribution in [3.63, 3.8) is 0 Å². The van der Waals surface area contributed by atoms with Crippen molar-refractivity contribution in [2.45, 2.75) is 156 Å². The number of nitrogens with zero attached hydrogens (tertiary/aromatic N) is 3. The summed E-state index contributed by atoms with van der Waals surface area (Å²) in [5.41, 5.74) is 2.61. The highest BCUT2D eigenvalue weighted by Gasteiger charge is 2.47. The van der Waals surface area contributed by atoms with Gasteiger partial charge in [-0.25, -0.2) is 19.9 Å². The topological polar surface area (TPSA) is 287 Å². The number of carbonyl (C=O) groups is 10. The number of amides is 7. The van der Waals surface area contributed by atoms with Gasteiger partial charge in [-0.05, 0) is 44.1 Å². The molecule has 73 heavy (non-hydrogen) atoms. The van der Waals surface area contributed by atoms with E-state index in [2.05, 4.69) is 33.3 Å². The van der Waals surface area contributed by atoms with Gasteiger partial charge in [-0.3, -0.25) is 38.4 Å². The Bertz CT molecular complexity index is 2140. The molecule has 11 atom stereocenters. The van der Waals surface area contributed by atoms with Crippen molar-refractivity contribution < 1.29 is 71.7 Å². The van der Waals surface area contributed by atoms with Gasteiger partial charge in [0, 0.05) is 55.1 Å². The molecule has 5 N–H and O–H groups in total. The van der Waals surface area contributed by atoms with E-state index in [1.54, 1.807) is 78.8 Å². The molecule has 1 saturated heterocycles. The van der Waals surface area contributed by atoms with Crippen LogP contribution < -0.4 is 26.7 Å². The number of methoxy groups -OCH3 is 1. The maximum Gasteiger partial charge on any atom is 0.333 e. The van der Waals surface area contributed by atoms with E-state index in [9.17, 15) is 43.2 Å². The predicted octanol–water partition coefficient (Wildman–Crippen LogP) is 0.536. The van der Waals surface area contributed by atoms with Crippen molar-refractivity contribution in [2.75, 3.05) is 35.3 Å². The van der Waals surface area contributed by atoms with Gasteiger partial charge in [0.25, 0.3) is 11.8 Å². The molecule has 1 aliphatic rings. The second kappa shape index (κ2) is 28.7. The normalized spacial score (nSPS) is 24.4. The van der Waals surface area contributed by atoms with Gasteiger partial charge in [0.05, 0.1) is 6.10 Å². The number of esters is 3. The molecule has 0 unspecified atom stereocenters. The van der Waals surface area contributed by atoms with E-state index < -0.39 is 149 Å². The molecule has 0 aliphatic carbocycles. The minimum atomic E-state index is -1.84. The largest absolute Gasteiger partial charge is 0.458 e. The lowest BCUT2D eigenvalue weighted by molar-refractivity contribution is -0.177. The average molecular weight is 1030 g/mol. The zero-order chi connectivity index (χ0) is 55.8. The number of benzene rings is 1. The van der Waals surface area contributed by atoms with Gasteiger partial charge in [0.1, 0.15) is 42.1 Å². The summed E-state index contributed by atoms with van der Waals surface area (Å²) in [7, 11) is 6.39. The summed E-state index contributed by atoms with van der Waals surface area (Å²) in [6.45, 7) is 20.4. The number of nitrogens with one attached hydrogen (secondary N) is 5. The van der Waals surface area contributed by atoms with Gasteiger partial charge >= 0.3 is 17.9 Å². The Hall–Kier alpha value is -6.46. The third-order valence-electron chi connectivity index (χ3n) is 12.4. The van der Waals surface area contributed by atoms with E-state index in [1.807, 2.05) is 0 Å². The van der Waals surface area contributed by atoms with Crippen molar-refractivity contribution in [3.8, 4) is 0 Å². The van der Waals surface area contributed by atoms with Crippen LogP contribution in [0.15, 0.2) is 42.6 Å². The number of hydrogen-bond acceptors (Lipinski definition) is 16. The number of hydrogen-bond donors (Lipinski definition) is 5. The molecular weight excluding hydrogens is 953 g/mol. The van der Waals surface area contributed by atoms with Gasteiger partial charge in [0.2, 0.25) is 29.5 Å². The van der Waals surface area contributed by atoms with E-state index in [0.29, 0.717) is 5.56 Å². The highest BCUT2D eigenvalue weighted by molar-refractivity contribution is 6.01. The first-order valence-corrected chi connectivity index (χ1v) is 24.2. The van der Waals surface area contributed by atoms with Crippen molar-refractivity contribution in [2.24, 2.45) is 17.8 Å². The second-order valence-corrected chi connectivity index (χ2v) is 19.0. The summed E-state index contributed by atoms with van der Waals surface area (Å²) < 4.78 is 23.6. The second-order valence-electron chi connectivity index (χ2n) is 19.0. The van der Waals surface area contributed by atoms with Crippen LogP contribution in [-0.4, -0.2) is 176 Å². The first kappa shape index (κ1) is 62.7. The van der Waals surface area contributed by atoms with Crippen molar-refractivity contribution in [1.29, 1.82) is 0 Å². The number of rotatable bonds is 16. The standard InChI is InChI=1S/C50H78N8O15/c1-18-35(60)54-38(42(27(6)7)73-51-13)49(67)71-40(25(2)3)36-47(65)58(16)39(31(11)69-17)50(68)72-41(26(4)5)37(53-32(12)59)48(66)70-34(24-33-22-20-19-21-23-33)46(64)57(15)29(9)43(61)52-28(8)45(63)56(14)30(10)44(62)55-36/h19-23,25-28,30-31,34,36-42,51H,9,18,24H2,1-8,10-17H3,(H,52,61)(H,53,59)(H,54,60)(H,55,62)/t28-,30-,31+,34+,36-,37-,38-,39-,40+,41+,42+/m0/s1. The minimum Gasteiger partial charge on any atom is -0.458 e. The maximum atomic E-state index is 15.2. The first-order valence-electron chi connectivity index (χ1n) is 24.2. The van der Waals surface area contributed by atoms with Crippen LogP contribution in [0.25, 0.3) is 0 Å². The van der Waals surface area contributed by atoms with Crippen LogP contribution in [0.1, 0.15) is 88.1 Å². The Morgan fingerprint density at radius 1 is 0.822 bits per heavy atom. The van der Waals surface area contributed by atoms with Crippen LogP contribution >= 0.6 is 0 Å². The average Bonchev–Trinajstić information content (AvgIpc) is 3.34. The van der Waals surface area contributed by atoms with Crippen LogP contribution in [-0.2, 0) is 78.2 Å². The summed E-state index contributed by atoms with van der Waals surface area (Å²) >= 11 is 0. The Labute approximate surface area is 428 Å². The zero-order valence-corrected chi connectivity index (χ0v) is 45.1. The monoisotopic (exact) mass is 1030 g/mol. The van der Waals surface area contributed by atoms with E-state index in [1.165, 1.54) is 56.1 Å². The molecule has 1 fully saturated rings. The molecular formula is C50H78N8O15. The predicted molar refractivity (Wildman–Crippen MR) is 265 cm³/mol. The number of hydroxylamine groups is 1. The smallest absolute Gasteiger partial charge is 0.333 e. The summed E-state index contributed by atoms with van der Waals surface area (Å²) in [6, 6.07) is -1.05. The lowest BCUT2D eigenvalue weighted by Crippen LogP contribution is -2.64. The number of likely N-dealkylation sites (N-methyl/N-ethyl adjacent to an activating group) is 3. The van der Waals surface area contributed by atoms with Crippen LogP contribution in [0.5, 0.6) is 0 Å². The van der Waals surface area contributed by atoms with Gasteiger partial charge in [0.15, 0.2) is 24.2 Å². The SMILES string of the molecule is C=C1C(=O)N[C@@H](C)C(=O)N(C)[C@@H](C)C(=O)N[C@@H]([C@H](OC(=O)[C@@H](NC(=O)CC)[C@H](ONC)C(C)C)C(C)C)C(=O)N(C)[C@@H]([C@@H](C)OC)C(=O)O[C@H](C(C)C)[C@H](NC(C)=O)C(=O)O[C@H](Cc2ccccc2)C(=O)N1C. The molecule has 7 amide bonds. The summed E-state index contributed by atoms with van der Waals surface area (Å²) in [5, 5.41) is 10.2. The Morgan fingerprint density at radius 2 is 1.42 bits per heavy atom. The molecule has 0 aromatic heterocycles. The quantitative estimate of drug-likeness (QED) is 0.0654. The molecule has 2 rings (SSSR count). The van der Waals surface area contributed by atoms with Crippen molar-refractivity contribution >= 4 is 59.3 Å². The Morgan fingerprint density at radius 3 is 1.93 bits per heavy atom. The fourth-order valence-corrected chi connectivity index (χ4v) is 7.80. The highest BCUT2D eigenvalue weighted by atomic mass is 16.7. The molecule has 23 heteroatoms. The molecule has 1 aromatic rings. The summed E-state index contributed by atoms with van der Waals surface area (Å²) in [6.07, 6.45) is -7.20. The summed E-state index contributed by atoms with van der Waals surface area (Å²) in [5.74, 6) is -11.3. The minimum absolute atomic E-state index is 0.0179. The fraction of sp³-hybridized carbons (Fsp3) is 0.640. The molecule has 0 bridgehead atoms. The van der Waals surface area contributed by atoms with E-state index >= 15 is 4.79 Å². The molecule has 0 radical (unpaired) electrons. The molecule has 1 aliphatic heterocycles. The van der Waals surface area contributed by atoms with Gasteiger partial charge in [-0.1, -0.05) is 85.4 Å². The molecule has 0 saturated carbocycles. The van der Waals surface area contributed by atoms with Gasteiger partial charge in [-0.15, -0.1) is 0 Å². The van der Waals surface area contributed by atoms with Crippen LogP contribution in [0, 0.1) is 17.8 Å². The lowest BCUT2D eigenvalue weighted by atomic mass is 9.95. The third-order valence-corrected chi connectivity index (χ3v) is 12.4. The fourth-order valence-electron chi connectivity index (χ4n) is 7.80. The Balaban J connectivity index is 2.99. The van der Waals surface area contributed by atoms with E-state index in [-0.39, 0.29) is 12.8 Å². The highest BCUT2D eigenvalue weighted by Crippen LogP contribution is 2.24. The number of ether oxygens (including phenoxy) is 4. The Kier molecular flexibility index (Phi) is 24.6. The van der Waals surface area contributed by atoms with Crippen LogP contribution in [0.3, 0.4) is 0 Å². The van der Waals surface area contributed by atoms with Crippen molar-refractivity contribution in [3.05, 3.63) is 48.2 Å². The molecule has 0 spiro atoms. The summed E-state index contributed by atoms with van der Waals surface area (Å²) in [4.78, 5) is 149. The maximum absolute atomic E-state index is 15.2. The first-order chi connectivity index (χ1) is 34.1. The van der Waals surface area contributed by atoms with Gasteiger partial charge < -0.3 is 54.9 Å². The van der Waals surface area contributed by atoms with E-state index in [4.69, 9.17) is 23.8 Å². The zero-order valence-electron chi connectivity index (χ0n) is 45.1. The van der Waals surface area contributed by atoms with Crippen LogP contribution in [0.2, 0.25) is 0 Å². The molecule has 1 aromatic carbocycles. The lowest BCUT2D eigenvalue weighted by Gasteiger charge is -2.39.